The van der Waals surface area contributed by atoms with E-state index in [0.717, 1.165) is 12.1 Å². The molecular weight excluding hydrogens is 407 g/mol. The summed E-state index contributed by atoms with van der Waals surface area (Å²) in [6.07, 6.45) is 0.210. The van der Waals surface area contributed by atoms with Crippen LogP contribution in [-0.4, -0.2) is 15.9 Å². The minimum Gasteiger partial charge on any atom is -0.282 e. The van der Waals surface area contributed by atoms with Crippen LogP contribution >= 0.6 is 11.6 Å². The Hall–Kier alpha value is -3.46. The number of hydrogen-bond acceptors (Lipinski definition) is 2. The van der Waals surface area contributed by atoms with Crippen LogP contribution in [0, 0.1) is 0 Å². The van der Waals surface area contributed by atoms with Gasteiger partial charge in [-0.1, -0.05) is 17.7 Å². The Morgan fingerprint density at radius 2 is 2.03 bits per heavy atom. The molecule has 0 atom stereocenters. The van der Waals surface area contributed by atoms with E-state index < -0.39 is 17.6 Å². The van der Waals surface area contributed by atoms with Crippen LogP contribution in [0.3, 0.4) is 0 Å². The summed E-state index contributed by atoms with van der Waals surface area (Å²) in [5.41, 5.74) is 0.217. The number of benzene rings is 1. The van der Waals surface area contributed by atoms with Crippen molar-refractivity contribution >= 4 is 28.8 Å². The predicted molar refractivity (Wildman–Crippen MR) is 98.1 cm³/mol. The van der Waals surface area contributed by atoms with Crippen molar-refractivity contribution in [2.45, 2.75) is 6.18 Å². The van der Waals surface area contributed by atoms with Gasteiger partial charge in [-0.3, -0.25) is 15.1 Å². The fourth-order valence-corrected chi connectivity index (χ4v) is 3.18. The number of anilines is 1. The van der Waals surface area contributed by atoms with Crippen molar-refractivity contribution in [1.82, 2.24) is 9.97 Å². The monoisotopic (exact) mass is 419 g/mol. The molecule has 0 fully saturated rings. The normalized spacial score (nSPS) is 11.6. The van der Waals surface area contributed by atoms with E-state index in [9.17, 15) is 18.0 Å². The van der Waals surface area contributed by atoms with Gasteiger partial charge in [-0.05, 0) is 35.3 Å². The lowest BCUT2D eigenvalue weighted by atomic mass is 10.1. The smallest absolute Gasteiger partial charge is 0.282 e. The number of aromatic nitrogens is 4. The molecule has 0 aliphatic rings. The van der Waals surface area contributed by atoms with Crippen molar-refractivity contribution in [3.8, 4) is 11.4 Å². The Morgan fingerprint density at radius 3 is 2.72 bits per heavy atom. The van der Waals surface area contributed by atoms with E-state index in [0.29, 0.717) is 22.7 Å². The number of nitrogens with one attached hydrogen (secondary N) is 3. The molecule has 4 aromatic rings. The lowest BCUT2D eigenvalue weighted by Crippen LogP contribution is -2.22. The van der Waals surface area contributed by atoms with Crippen molar-refractivity contribution in [1.29, 1.82) is 0 Å². The molecule has 0 saturated carbocycles. The number of hydrogen-bond donors (Lipinski definition) is 2. The van der Waals surface area contributed by atoms with Crippen molar-refractivity contribution in [2.24, 2.45) is 0 Å². The topological polar surface area (TPSA) is 76.0 Å². The van der Waals surface area contributed by atoms with Crippen LogP contribution in [0.25, 0.3) is 16.9 Å². The molecule has 1 aromatic carbocycles. The molecule has 1 amide bonds. The second-order valence-electron chi connectivity index (χ2n) is 6.09. The highest BCUT2D eigenvalue weighted by molar-refractivity contribution is 6.33. The van der Waals surface area contributed by atoms with Gasteiger partial charge in [0, 0.05) is 6.07 Å². The van der Waals surface area contributed by atoms with Gasteiger partial charge in [0.2, 0.25) is 5.69 Å². The van der Waals surface area contributed by atoms with Crippen molar-refractivity contribution < 1.29 is 27.4 Å². The second kappa shape index (κ2) is 7.17. The van der Waals surface area contributed by atoms with Gasteiger partial charge < -0.3 is 0 Å². The molecule has 146 valence electrons. The number of pyridine rings is 1. The van der Waals surface area contributed by atoms with E-state index in [1.807, 2.05) is 0 Å². The molecule has 0 aliphatic carbocycles. The summed E-state index contributed by atoms with van der Waals surface area (Å²) in [7, 11) is 0. The number of alkyl halides is 3. The Morgan fingerprint density at radius 1 is 1.21 bits per heavy atom. The number of nitrogens with zero attached hydrogens (tertiary/aromatic N) is 2. The van der Waals surface area contributed by atoms with E-state index in [1.165, 1.54) is 12.4 Å². The first-order valence-electron chi connectivity index (χ1n) is 8.37. The van der Waals surface area contributed by atoms with Crippen LogP contribution in [0.2, 0.25) is 5.02 Å². The maximum atomic E-state index is 12.9. The molecule has 29 heavy (non-hydrogen) atoms. The highest BCUT2D eigenvalue weighted by Crippen LogP contribution is 2.34. The maximum Gasteiger partial charge on any atom is 0.416 e. The van der Waals surface area contributed by atoms with Crippen molar-refractivity contribution in [3.63, 3.8) is 0 Å². The van der Waals surface area contributed by atoms with Gasteiger partial charge in [0.15, 0.2) is 5.52 Å². The lowest BCUT2D eigenvalue weighted by Gasteiger charge is -2.07. The Balaban J connectivity index is 1.80. The van der Waals surface area contributed by atoms with E-state index >= 15 is 0 Å². The van der Waals surface area contributed by atoms with Gasteiger partial charge >= 0.3 is 12.1 Å². The predicted octanol–water partition coefficient (Wildman–Crippen LogP) is 3.55. The summed E-state index contributed by atoms with van der Waals surface area (Å²) in [6, 6.07) is 9.85. The summed E-state index contributed by atoms with van der Waals surface area (Å²) in [4.78, 5) is 22.5. The van der Waals surface area contributed by atoms with E-state index in [4.69, 9.17) is 11.6 Å². The summed E-state index contributed by atoms with van der Waals surface area (Å²) in [5, 5.41) is 2.57. The van der Waals surface area contributed by atoms with Gasteiger partial charge in [-0.15, -0.1) is 0 Å². The number of carbonyl (C=O) groups is 1. The number of H-pyrrole nitrogens is 2. The first-order valence-corrected chi connectivity index (χ1v) is 8.75. The van der Waals surface area contributed by atoms with Gasteiger partial charge in [0.25, 0.3) is 18.0 Å². The van der Waals surface area contributed by atoms with Gasteiger partial charge in [0.05, 0.1) is 28.5 Å². The molecular formula is C19H13ClF3N5O+2. The van der Waals surface area contributed by atoms with Crippen molar-refractivity contribution in [3.05, 3.63) is 77.5 Å². The fraction of sp³-hybridized carbons (Fsp3) is 0.0526. The Labute approximate surface area is 167 Å². The summed E-state index contributed by atoms with van der Waals surface area (Å²) in [6.45, 7) is 0. The van der Waals surface area contributed by atoms with E-state index in [-0.39, 0.29) is 10.7 Å². The quantitative estimate of drug-likeness (QED) is 0.498. The van der Waals surface area contributed by atoms with Crippen LogP contribution in [0.1, 0.15) is 16.1 Å². The van der Waals surface area contributed by atoms with Gasteiger partial charge in [0.1, 0.15) is 0 Å². The maximum absolute atomic E-state index is 12.9. The minimum atomic E-state index is -4.50. The first kappa shape index (κ1) is 18.9. The molecule has 0 bridgehead atoms. The van der Waals surface area contributed by atoms with Crippen LogP contribution in [0.5, 0.6) is 0 Å². The Bertz CT molecular complexity index is 1210. The third-order valence-corrected chi connectivity index (χ3v) is 4.55. The largest absolute Gasteiger partial charge is 0.416 e. The van der Waals surface area contributed by atoms with Gasteiger partial charge in [-0.25, -0.2) is 4.98 Å². The zero-order chi connectivity index (χ0) is 20.6. The third kappa shape index (κ3) is 3.64. The SMILES string of the molecule is O=C(Nc1cc[nH+]cn1)c1[nH]c(-c2ccc(C(F)(F)F)cc2Cl)[n+]2ccccc12. The molecule has 0 aliphatic heterocycles. The fourth-order valence-electron chi connectivity index (χ4n) is 2.91. The third-order valence-electron chi connectivity index (χ3n) is 4.24. The molecule has 0 saturated heterocycles. The number of halogens is 4. The lowest BCUT2D eigenvalue weighted by molar-refractivity contribution is -0.498. The molecule has 3 aromatic heterocycles. The molecule has 6 nitrogen and oxygen atoms in total. The van der Waals surface area contributed by atoms with Crippen LogP contribution in [0.4, 0.5) is 19.0 Å². The zero-order valence-corrected chi connectivity index (χ0v) is 15.3. The second-order valence-corrected chi connectivity index (χ2v) is 6.50. The molecule has 3 heterocycles. The average molecular weight is 420 g/mol. The molecule has 10 heteroatoms. The van der Waals surface area contributed by atoms with Gasteiger partial charge in [-0.2, -0.15) is 17.6 Å². The number of rotatable bonds is 3. The summed E-state index contributed by atoms with van der Waals surface area (Å²) >= 11 is 6.14. The highest BCUT2D eigenvalue weighted by atomic mass is 35.5. The highest BCUT2D eigenvalue weighted by Gasteiger charge is 2.32. The Kier molecular flexibility index (Phi) is 4.67. The number of imidazole rings is 1. The number of amides is 1. The standard InChI is InChI=1S/C19H11ClF3N5O/c20-13-9-11(19(21,22)23)4-5-12(13)17-27-16(14-3-1-2-8-28(14)17)18(29)26-15-6-7-24-10-25-15/h1-10H,(H,24,25,26,29)/p+2. The first-order chi connectivity index (χ1) is 13.8. The zero-order valence-electron chi connectivity index (χ0n) is 14.6. The van der Waals surface area contributed by atoms with Crippen molar-refractivity contribution in [2.75, 3.05) is 5.32 Å². The molecule has 4 rings (SSSR count). The van der Waals surface area contributed by atoms with Crippen LogP contribution in [-0.2, 0) is 6.18 Å². The number of carbonyl (C=O) groups excluding carboxylic acids is 1. The minimum absolute atomic E-state index is 0.0912. The molecule has 0 spiro atoms. The average Bonchev–Trinajstić information content (AvgIpc) is 3.08. The van der Waals surface area contributed by atoms with E-state index in [1.54, 1.807) is 41.1 Å². The van der Waals surface area contributed by atoms with Crippen LogP contribution < -0.4 is 14.7 Å². The molecule has 0 radical (unpaired) electrons. The molecule has 3 N–H and O–H groups in total. The number of aromatic amines is 2. The summed E-state index contributed by atoms with van der Waals surface area (Å²) in [5.74, 6) is 0.257. The number of fused-ring (bicyclic) bond motifs is 1. The van der Waals surface area contributed by atoms with E-state index in [2.05, 4.69) is 20.3 Å². The molecule has 0 unspecified atom stereocenters. The summed E-state index contributed by atoms with van der Waals surface area (Å²) < 4.78 is 40.5. The van der Waals surface area contributed by atoms with Crippen LogP contribution in [0.15, 0.2) is 61.2 Å².